The lowest BCUT2D eigenvalue weighted by atomic mass is 10.2. The van der Waals surface area contributed by atoms with E-state index < -0.39 is 0 Å². The van der Waals surface area contributed by atoms with Crippen LogP contribution in [0.15, 0.2) is 48.7 Å². The molecule has 0 aromatic carbocycles. The summed E-state index contributed by atoms with van der Waals surface area (Å²) in [6, 6.07) is 0. The molecule has 14 heavy (non-hydrogen) atoms. The van der Waals surface area contributed by atoms with Gasteiger partial charge in [-0.1, -0.05) is 65.2 Å². The van der Waals surface area contributed by atoms with Gasteiger partial charge in [0.25, 0.3) is 0 Å². The van der Waals surface area contributed by atoms with Crippen molar-refractivity contribution < 1.29 is 0 Å². The van der Waals surface area contributed by atoms with Crippen LogP contribution in [0.3, 0.4) is 0 Å². The number of allylic oxidation sites excluding steroid dienone is 4. The van der Waals surface area contributed by atoms with Crippen LogP contribution in [-0.2, 0) is 0 Å². The third-order valence-electron chi connectivity index (χ3n) is 1.16. The van der Waals surface area contributed by atoms with Gasteiger partial charge in [-0.2, -0.15) is 0 Å². The molecular weight excluding hydrogens is 170 g/mol. The average molecular weight is 195 g/mol. The largest absolute Gasteiger partial charge is 0.399 e. The summed E-state index contributed by atoms with van der Waals surface area (Å²) in [5.74, 6) is 0. The topological polar surface area (TPSA) is 26.0 Å². The van der Waals surface area contributed by atoms with Crippen molar-refractivity contribution in [1.82, 2.24) is 0 Å². The van der Waals surface area contributed by atoms with Gasteiger partial charge in [-0.05, 0) is 12.5 Å². The van der Waals surface area contributed by atoms with Crippen LogP contribution in [-0.4, -0.2) is 0 Å². The summed E-state index contributed by atoms with van der Waals surface area (Å²) in [7, 11) is 0. The predicted octanol–water partition coefficient (Wildman–Crippen LogP) is 4.20. The van der Waals surface area contributed by atoms with Crippen LogP contribution in [0, 0.1) is 0 Å². The molecule has 0 fully saturated rings. The van der Waals surface area contributed by atoms with E-state index in [2.05, 4.69) is 13.2 Å². The van der Waals surface area contributed by atoms with Crippen LogP contribution in [0.2, 0.25) is 0 Å². The van der Waals surface area contributed by atoms with E-state index in [0.29, 0.717) is 0 Å². The van der Waals surface area contributed by atoms with Crippen LogP contribution >= 0.6 is 0 Å². The number of rotatable bonds is 3. The Balaban J connectivity index is -0.000000266. The normalized spacial score (nSPS) is 10.1. The SMILES string of the molecule is C=C/C=C(C=C)\C(N)=C/C.CC.CC. The van der Waals surface area contributed by atoms with E-state index in [1.807, 2.05) is 46.8 Å². The van der Waals surface area contributed by atoms with Crippen molar-refractivity contribution in [2.45, 2.75) is 34.6 Å². The molecule has 0 aliphatic rings. The Bertz CT molecular complexity index is 185. The van der Waals surface area contributed by atoms with Crippen molar-refractivity contribution >= 4 is 0 Å². The Kier molecular flexibility index (Phi) is 23.5. The van der Waals surface area contributed by atoms with Crippen LogP contribution in [0.25, 0.3) is 0 Å². The van der Waals surface area contributed by atoms with E-state index in [1.165, 1.54) is 0 Å². The van der Waals surface area contributed by atoms with Crippen molar-refractivity contribution in [3.63, 3.8) is 0 Å². The first-order chi connectivity index (χ1) is 6.76. The van der Waals surface area contributed by atoms with Gasteiger partial charge in [0.05, 0.1) is 0 Å². The average Bonchev–Trinajstić information content (AvgIpc) is 2.30. The summed E-state index contributed by atoms with van der Waals surface area (Å²) in [4.78, 5) is 0. The van der Waals surface area contributed by atoms with Gasteiger partial charge in [0.15, 0.2) is 0 Å². The second-order valence-corrected chi connectivity index (χ2v) is 1.81. The van der Waals surface area contributed by atoms with E-state index in [9.17, 15) is 0 Å². The van der Waals surface area contributed by atoms with Crippen LogP contribution in [0.5, 0.6) is 0 Å². The molecule has 0 saturated heterocycles. The van der Waals surface area contributed by atoms with Crippen LogP contribution in [0.4, 0.5) is 0 Å². The molecule has 0 aromatic heterocycles. The van der Waals surface area contributed by atoms with E-state index in [4.69, 9.17) is 5.73 Å². The zero-order valence-corrected chi connectivity index (χ0v) is 10.3. The highest BCUT2D eigenvalue weighted by Gasteiger charge is 1.89. The first-order valence-electron chi connectivity index (χ1n) is 5.13. The van der Waals surface area contributed by atoms with Gasteiger partial charge in [0.1, 0.15) is 0 Å². The maximum Gasteiger partial charge on any atom is 0.0344 e. The second-order valence-electron chi connectivity index (χ2n) is 1.81. The lowest BCUT2D eigenvalue weighted by molar-refractivity contribution is 1.33. The zero-order valence-electron chi connectivity index (χ0n) is 10.3. The third-order valence-corrected chi connectivity index (χ3v) is 1.16. The molecule has 0 bridgehead atoms. The zero-order chi connectivity index (χ0) is 12.0. The van der Waals surface area contributed by atoms with Gasteiger partial charge in [0, 0.05) is 5.70 Å². The molecule has 82 valence electrons. The number of hydrogen-bond acceptors (Lipinski definition) is 1. The fourth-order valence-electron chi connectivity index (χ4n) is 0.576. The first-order valence-corrected chi connectivity index (χ1v) is 5.13. The third kappa shape index (κ3) is 10.8. The Morgan fingerprint density at radius 2 is 1.50 bits per heavy atom. The molecule has 0 radical (unpaired) electrons. The van der Waals surface area contributed by atoms with Gasteiger partial charge in [-0.25, -0.2) is 0 Å². The quantitative estimate of drug-likeness (QED) is 0.671. The molecule has 1 nitrogen and oxygen atoms in total. The Morgan fingerprint density at radius 3 is 1.71 bits per heavy atom. The predicted molar refractivity (Wildman–Crippen MR) is 69.1 cm³/mol. The summed E-state index contributed by atoms with van der Waals surface area (Å²) in [6.07, 6.45) is 7.05. The Hall–Kier alpha value is -1.24. The molecule has 0 unspecified atom stereocenters. The van der Waals surface area contributed by atoms with Crippen molar-refractivity contribution in [2.75, 3.05) is 0 Å². The highest BCUT2D eigenvalue weighted by molar-refractivity contribution is 5.38. The molecule has 0 aliphatic heterocycles. The Labute approximate surface area is 89.7 Å². The smallest absolute Gasteiger partial charge is 0.0344 e. The monoisotopic (exact) mass is 195 g/mol. The van der Waals surface area contributed by atoms with Gasteiger partial charge in [0.2, 0.25) is 0 Å². The summed E-state index contributed by atoms with van der Waals surface area (Å²) >= 11 is 0. The van der Waals surface area contributed by atoms with E-state index in [1.54, 1.807) is 12.2 Å². The molecular formula is C13H25N. The highest BCUT2D eigenvalue weighted by atomic mass is 14.6. The lowest BCUT2D eigenvalue weighted by Gasteiger charge is -1.97. The van der Waals surface area contributed by atoms with E-state index in [-0.39, 0.29) is 0 Å². The number of nitrogens with two attached hydrogens (primary N) is 1. The maximum atomic E-state index is 5.59. The van der Waals surface area contributed by atoms with Gasteiger partial charge < -0.3 is 5.73 Å². The molecule has 2 N–H and O–H groups in total. The maximum absolute atomic E-state index is 5.59. The second kappa shape index (κ2) is 17.7. The van der Waals surface area contributed by atoms with Crippen molar-refractivity contribution in [1.29, 1.82) is 0 Å². The van der Waals surface area contributed by atoms with Gasteiger partial charge in [-0.15, -0.1) is 0 Å². The minimum Gasteiger partial charge on any atom is -0.399 e. The standard InChI is InChI=1S/C9H13N.2C2H6/c1-4-7-8(5-2)9(10)6-3;2*1-2/h4-7H,1-2,10H2,3H3;2*1-2H3/b8-7-,9-6+;;. The molecule has 0 saturated carbocycles. The molecule has 0 aliphatic carbocycles. The minimum absolute atomic E-state index is 0.731. The number of hydrogen-bond donors (Lipinski definition) is 1. The highest BCUT2D eigenvalue weighted by Crippen LogP contribution is 2.03. The fourth-order valence-corrected chi connectivity index (χ4v) is 0.576. The summed E-state index contributed by atoms with van der Waals surface area (Å²) in [5.41, 5.74) is 7.23. The summed E-state index contributed by atoms with van der Waals surface area (Å²) in [6.45, 7) is 17.1. The van der Waals surface area contributed by atoms with Crippen LogP contribution < -0.4 is 5.73 Å². The summed E-state index contributed by atoms with van der Waals surface area (Å²) < 4.78 is 0. The molecule has 0 spiro atoms. The fraction of sp³-hybridized carbons (Fsp3) is 0.385. The van der Waals surface area contributed by atoms with Crippen molar-refractivity contribution in [3.8, 4) is 0 Å². The van der Waals surface area contributed by atoms with Gasteiger partial charge >= 0.3 is 0 Å². The molecule has 0 atom stereocenters. The van der Waals surface area contributed by atoms with Gasteiger partial charge in [-0.3, -0.25) is 0 Å². The molecule has 0 amide bonds. The minimum atomic E-state index is 0.731. The van der Waals surface area contributed by atoms with Crippen LogP contribution in [0.1, 0.15) is 34.6 Å². The molecule has 0 heterocycles. The Morgan fingerprint density at radius 1 is 1.07 bits per heavy atom. The summed E-state index contributed by atoms with van der Waals surface area (Å²) in [5, 5.41) is 0. The van der Waals surface area contributed by atoms with E-state index >= 15 is 0 Å². The van der Waals surface area contributed by atoms with Crippen molar-refractivity contribution in [2.24, 2.45) is 5.73 Å². The lowest BCUT2D eigenvalue weighted by Crippen LogP contribution is -1.97. The molecule has 0 aromatic rings. The first kappa shape index (κ1) is 18.5. The van der Waals surface area contributed by atoms with Crippen molar-refractivity contribution in [3.05, 3.63) is 48.7 Å². The van der Waals surface area contributed by atoms with E-state index in [0.717, 1.165) is 11.3 Å². The molecule has 0 rings (SSSR count). The molecule has 1 heteroatoms.